The van der Waals surface area contributed by atoms with E-state index in [0.717, 1.165) is 64.4 Å². The topological polar surface area (TPSA) is 34.5 Å². The molecular formula is C66H67BN2O2. The van der Waals surface area contributed by atoms with Gasteiger partial charge in [0.15, 0.2) is 0 Å². The highest BCUT2D eigenvalue weighted by molar-refractivity contribution is 6.94. The van der Waals surface area contributed by atoms with Gasteiger partial charge in [-0.25, -0.2) is 0 Å². The summed E-state index contributed by atoms with van der Waals surface area (Å²) in [5.74, 6) is 0. The van der Waals surface area contributed by atoms with Gasteiger partial charge < -0.3 is 18.2 Å². The SMILES string of the molecule is CC(C)(C)c1ccc(N2B3c4cc(C(C)(C)C)ccc4-n4c5cc6c(cc5c5c7c(oc8ccccc87)c(c3c54)-c3cc4oc5cc7c(cc5c4cc32)C(C)(C)CCC7(C)C)C(C)(C)CCC6(C)C)cc1. The lowest BCUT2D eigenvalue weighted by atomic mass is 9.43. The third kappa shape index (κ3) is 5.75. The van der Waals surface area contributed by atoms with Crippen LogP contribution in [0.5, 0.6) is 0 Å². The molecular weight excluding hydrogens is 864 g/mol. The van der Waals surface area contributed by atoms with Crippen molar-refractivity contribution >= 4 is 94.8 Å². The number of nitrogens with zero attached hydrogens (tertiary/aromatic N) is 2. The Labute approximate surface area is 419 Å². The standard InChI is InChI=1S/C66H67BN2O2/c1-61(2,3)36-19-22-38(23-20-36)69-51-32-41-40-30-44-47(66(13,14)28-26-63(44,7)8)35-54(40)70-53(41)33-43(51)57-58-59-55(56-39-17-15-16-18-52(39)71-60(56)57)42-31-45-46(65(11,12)27-25-64(45,9)10)34-50(42)68(59)49-24-21-37(62(4,5)6)29-48(49)67(58)69/h15-24,29-35H,25-28H2,1-14H3. The van der Waals surface area contributed by atoms with E-state index in [4.69, 9.17) is 8.83 Å². The highest BCUT2D eigenvalue weighted by atomic mass is 16.3. The molecule has 14 rings (SSSR count). The molecule has 0 fully saturated rings. The molecule has 2 aliphatic heterocycles. The molecule has 0 amide bonds. The third-order valence-electron chi connectivity index (χ3n) is 18.6. The summed E-state index contributed by atoms with van der Waals surface area (Å²) in [7, 11) is 0. The quantitative estimate of drug-likeness (QED) is 0.154. The Balaban J connectivity index is 1.20. The van der Waals surface area contributed by atoms with Crippen molar-refractivity contribution in [2.24, 2.45) is 0 Å². The van der Waals surface area contributed by atoms with Crippen molar-refractivity contribution in [2.75, 3.05) is 4.81 Å². The monoisotopic (exact) mass is 931 g/mol. The Kier molecular flexibility index (Phi) is 8.25. The molecule has 356 valence electrons. The van der Waals surface area contributed by atoms with E-state index in [-0.39, 0.29) is 39.3 Å². The zero-order valence-corrected chi connectivity index (χ0v) is 44.4. The Morgan fingerprint density at radius 3 is 1.70 bits per heavy atom. The second-order valence-corrected chi connectivity index (χ2v) is 27.1. The van der Waals surface area contributed by atoms with Crippen molar-refractivity contribution in [2.45, 2.75) is 155 Å². The number of aromatic nitrogens is 1. The van der Waals surface area contributed by atoms with Gasteiger partial charge in [-0.1, -0.05) is 139 Å². The summed E-state index contributed by atoms with van der Waals surface area (Å²) < 4.78 is 17.3. The van der Waals surface area contributed by atoms with E-state index in [2.05, 4.69) is 209 Å². The Morgan fingerprint density at radius 1 is 0.493 bits per heavy atom. The van der Waals surface area contributed by atoms with Crippen LogP contribution in [0, 0.1) is 0 Å². The molecule has 10 aromatic rings. The summed E-state index contributed by atoms with van der Waals surface area (Å²) in [6.07, 6.45) is 4.63. The van der Waals surface area contributed by atoms with Gasteiger partial charge in [-0.15, -0.1) is 0 Å². The van der Waals surface area contributed by atoms with E-state index in [1.54, 1.807) is 0 Å². The average Bonchev–Trinajstić information content (AvgIpc) is 3.98. The van der Waals surface area contributed by atoms with E-state index in [1.165, 1.54) is 99.5 Å². The normalized spacial score (nSPS) is 18.5. The zero-order valence-electron chi connectivity index (χ0n) is 44.4. The largest absolute Gasteiger partial charge is 0.456 e. The number of rotatable bonds is 1. The summed E-state index contributed by atoms with van der Waals surface area (Å²) in [6, 6.07) is 40.7. The molecule has 0 saturated carbocycles. The highest BCUT2D eigenvalue weighted by Gasteiger charge is 2.48. The van der Waals surface area contributed by atoms with Crippen molar-refractivity contribution in [3.63, 3.8) is 0 Å². The van der Waals surface area contributed by atoms with Crippen LogP contribution in [0.25, 0.3) is 82.5 Å². The Morgan fingerprint density at radius 2 is 1.06 bits per heavy atom. The first-order chi connectivity index (χ1) is 33.4. The fourth-order valence-corrected chi connectivity index (χ4v) is 14.0. The molecule has 7 aromatic carbocycles. The number of anilines is 2. The number of fused-ring (bicyclic) bond motifs is 18. The van der Waals surface area contributed by atoms with Crippen LogP contribution in [-0.4, -0.2) is 11.4 Å². The first-order valence-electron chi connectivity index (χ1n) is 26.5. The van der Waals surface area contributed by atoms with E-state index < -0.39 is 0 Å². The Bertz CT molecular complexity index is 4020. The molecule has 0 saturated heterocycles. The fraction of sp³-hybridized carbons (Fsp3) is 0.364. The van der Waals surface area contributed by atoms with E-state index in [9.17, 15) is 0 Å². The molecule has 0 atom stereocenters. The Hall–Kier alpha value is -6.20. The molecule has 5 heteroatoms. The minimum absolute atomic E-state index is 0.00956. The predicted octanol–water partition coefficient (Wildman–Crippen LogP) is 17.1. The highest BCUT2D eigenvalue weighted by Crippen LogP contribution is 2.56. The van der Waals surface area contributed by atoms with Gasteiger partial charge in [-0.2, -0.15) is 0 Å². The molecule has 71 heavy (non-hydrogen) atoms. The van der Waals surface area contributed by atoms with E-state index in [1.807, 2.05) is 0 Å². The number of hydrogen-bond donors (Lipinski definition) is 0. The lowest BCUT2D eigenvalue weighted by molar-refractivity contribution is 0.332. The van der Waals surface area contributed by atoms with Gasteiger partial charge in [0.05, 0.1) is 11.0 Å². The maximum absolute atomic E-state index is 7.42. The van der Waals surface area contributed by atoms with E-state index >= 15 is 0 Å². The van der Waals surface area contributed by atoms with Gasteiger partial charge in [0, 0.05) is 60.5 Å². The summed E-state index contributed by atoms with van der Waals surface area (Å²) >= 11 is 0. The second-order valence-electron chi connectivity index (χ2n) is 27.1. The molecule has 0 radical (unpaired) electrons. The maximum atomic E-state index is 7.42. The smallest absolute Gasteiger partial charge is 0.333 e. The average molecular weight is 931 g/mol. The van der Waals surface area contributed by atoms with Crippen LogP contribution < -0.4 is 15.7 Å². The molecule has 0 N–H and O–H groups in total. The molecule has 0 bridgehead atoms. The first kappa shape index (κ1) is 43.6. The number of furan rings is 2. The summed E-state index contributed by atoms with van der Waals surface area (Å²) in [5, 5.41) is 7.32. The van der Waals surface area contributed by atoms with Crippen LogP contribution in [0.1, 0.15) is 156 Å². The summed E-state index contributed by atoms with van der Waals surface area (Å²) in [4.78, 5) is 2.70. The summed E-state index contributed by atoms with van der Waals surface area (Å²) in [6.45, 7) is 33.4. The number of hydrogen-bond acceptors (Lipinski definition) is 3. The van der Waals surface area contributed by atoms with Crippen LogP contribution >= 0.6 is 0 Å². The molecule has 0 unspecified atom stereocenters. The summed E-state index contributed by atoms with van der Waals surface area (Å²) in [5.41, 5.74) is 23.5. The van der Waals surface area contributed by atoms with Crippen molar-refractivity contribution in [3.8, 4) is 16.8 Å². The molecule has 0 spiro atoms. The van der Waals surface area contributed by atoms with Crippen LogP contribution in [0.15, 0.2) is 112 Å². The molecule has 4 aliphatic rings. The molecule has 2 aliphatic carbocycles. The van der Waals surface area contributed by atoms with Crippen molar-refractivity contribution in [1.29, 1.82) is 0 Å². The van der Waals surface area contributed by atoms with Crippen LogP contribution in [0.3, 0.4) is 0 Å². The first-order valence-corrected chi connectivity index (χ1v) is 26.5. The fourth-order valence-electron chi connectivity index (χ4n) is 14.0. The lowest BCUT2D eigenvalue weighted by Gasteiger charge is -2.42. The van der Waals surface area contributed by atoms with Gasteiger partial charge in [-0.05, 0) is 163 Å². The van der Waals surface area contributed by atoms with Crippen molar-refractivity contribution in [1.82, 2.24) is 4.57 Å². The second kappa shape index (κ2) is 13.4. The minimum Gasteiger partial charge on any atom is -0.456 e. The van der Waals surface area contributed by atoms with Gasteiger partial charge in [-0.3, -0.25) is 0 Å². The van der Waals surface area contributed by atoms with Crippen LogP contribution in [-0.2, 0) is 32.5 Å². The van der Waals surface area contributed by atoms with Crippen LogP contribution in [0.2, 0.25) is 0 Å². The number of benzene rings is 7. The van der Waals surface area contributed by atoms with Crippen LogP contribution in [0.4, 0.5) is 11.4 Å². The minimum atomic E-state index is -0.169. The third-order valence-corrected chi connectivity index (χ3v) is 18.6. The molecule has 4 nitrogen and oxygen atoms in total. The van der Waals surface area contributed by atoms with Gasteiger partial charge in [0.25, 0.3) is 0 Å². The van der Waals surface area contributed by atoms with Gasteiger partial charge in [0.1, 0.15) is 22.3 Å². The zero-order chi connectivity index (χ0) is 49.4. The maximum Gasteiger partial charge on any atom is 0.333 e. The molecule has 5 heterocycles. The predicted molar refractivity (Wildman–Crippen MR) is 302 cm³/mol. The van der Waals surface area contributed by atoms with E-state index in [0.29, 0.717) is 0 Å². The van der Waals surface area contributed by atoms with Gasteiger partial charge in [0.2, 0.25) is 0 Å². The van der Waals surface area contributed by atoms with Crippen molar-refractivity contribution < 1.29 is 8.83 Å². The van der Waals surface area contributed by atoms with Crippen molar-refractivity contribution in [3.05, 3.63) is 137 Å². The lowest BCUT2D eigenvalue weighted by Crippen LogP contribution is -2.60. The number of para-hydroxylation sites is 1. The molecule has 3 aromatic heterocycles. The van der Waals surface area contributed by atoms with Gasteiger partial charge >= 0.3 is 6.85 Å².